The van der Waals surface area contributed by atoms with Crippen LogP contribution in [0.5, 0.6) is 5.75 Å². The second-order valence-electron chi connectivity index (χ2n) is 11.0. The number of phenols is 1. The Hall–Kier alpha value is -5.39. The van der Waals surface area contributed by atoms with Gasteiger partial charge in [-0.25, -0.2) is 4.79 Å². The molecular weight excluding hydrogens is 598 g/mol. The predicted octanol–water partition coefficient (Wildman–Crippen LogP) is 3.11. The predicted molar refractivity (Wildman–Crippen MR) is 181 cm³/mol. The van der Waals surface area contributed by atoms with Gasteiger partial charge in [0.25, 0.3) is 0 Å². The smallest absolute Gasteiger partial charge is 0.321 e. The van der Waals surface area contributed by atoms with Gasteiger partial charge in [-0.05, 0) is 54.5 Å². The molecule has 8 N–H and O–H groups in total. The molecule has 0 aliphatic carbocycles. The minimum Gasteiger partial charge on any atom is -0.508 e. The Kier molecular flexibility index (Phi) is 14.7. The van der Waals surface area contributed by atoms with Crippen LogP contribution in [0.25, 0.3) is 0 Å². The summed E-state index contributed by atoms with van der Waals surface area (Å²) in [6, 6.07) is 23.7. The fraction of sp³-hybridized carbons (Fsp3) is 0.343. The van der Waals surface area contributed by atoms with Gasteiger partial charge in [0.05, 0.1) is 5.92 Å². The minimum absolute atomic E-state index is 0.0120. The van der Waals surface area contributed by atoms with Gasteiger partial charge in [-0.15, -0.1) is 0 Å². The van der Waals surface area contributed by atoms with E-state index in [1.165, 1.54) is 17.0 Å². The van der Waals surface area contributed by atoms with Crippen LogP contribution in [0.4, 0.5) is 4.79 Å². The number of hydrogen-bond acceptors (Lipinski definition) is 6. The minimum atomic E-state index is -0.971. The summed E-state index contributed by atoms with van der Waals surface area (Å²) in [6.07, 6.45) is 2.38. The van der Waals surface area contributed by atoms with Crippen LogP contribution >= 0.6 is 0 Å². The first-order valence-electron chi connectivity index (χ1n) is 15.8. The second kappa shape index (κ2) is 19.2. The highest BCUT2D eigenvalue weighted by atomic mass is 16.3. The van der Waals surface area contributed by atoms with Crippen molar-refractivity contribution in [1.82, 2.24) is 20.9 Å². The van der Waals surface area contributed by atoms with Crippen molar-refractivity contribution >= 4 is 29.7 Å². The van der Waals surface area contributed by atoms with E-state index in [0.29, 0.717) is 37.9 Å². The van der Waals surface area contributed by atoms with Crippen molar-refractivity contribution in [3.8, 4) is 5.75 Å². The van der Waals surface area contributed by atoms with Crippen molar-refractivity contribution in [3.05, 3.63) is 102 Å². The average molecular weight is 644 g/mol. The Balaban J connectivity index is 1.69. The van der Waals surface area contributed by atoms with Crippen molar-refractivity contribution < 1.29 is 24.3 Å². The summed E-state index contributed by atoms with van der Waals surface area (Å²) in [5, 5.41) is 17.7. The maximum atomic E-state index is 14.5. The molecule has 0 spiro atoms. The van der Waals surface area contributed by atoms with E-state index < -0.39 is 23.9 Å². The molecule has 3 rings (SSSR count). The quantitative estimate of drug-likeness (QED) is 0.0744. The summed E-state index contributed by atoms with van der Waals surface area (Å²) in [7, 11) is 0. The number of nitrogens with one attached hydrogen (secondary N) is 3. The fourth-order valence-corrected chi connectivity index (χ4v) is 5.01. The monoisotopic (exact) mass is 643 g/mol. The van der Waals surface area contributed by atoms with E-state index in [2.05, 4.69) is 20.9 Å². The van der Waals surface area contributed by atoms with Crippen molar-refractivity contribution in [2.45, 2.75) is 57.5 Å². The zero-order valence-corrected chi connectivity index (χ0v) is 26.7. The van der Waals surface area contributed by atoms with Crippen LogP contribution in [-0.2, 0) is 20.9 Å². The van der Waals surface area contributed by atoms with Gasteiger partial charge < -0.3 is 32.1 Å². The van der Waals surface area contributed by atoms with Gasteiger partial charge in [0.15, 0.2) is 5.96 Å². The third-order valence-corrected chi connectivity index (χ3v) is 7.48. The number of nitrogens with two attached hydrogens (primary N) is 2. The van der Waals surface area contributed by atoms with Crippen LogP contribution in [0.1, 0.15) is 61.6 Å². The number of carbonyl (C=O) groups excluding carboxylic acids is 4. The number of guanidine groups is 1. The summed E-state index contributed by atoms with van der Waals surface area (Å²) < 4.78 is 0. The molecule has 5 amide bonds. The summed E-state index contributed by atoms with van der Waals surface area (Å²) in [4.78, 5) is 56.5. The lowest BCUT2D eigenvalue weighted by Crippen LogP contribution is -2.49. The highest BCUT2D eigenvalue weighted by molar-refractivity contribution is 5.95. The molecule has 0 radical (unpaired) electrons. The Morgan fingerprint density at radius 3 is 1.94 bits per heavy atom. The van der Waals surface area contributed by atoms with Crippen LogP contribution in [0.3, 0.4) is 0 Å². The van der Waals surface area contributed by atoms with Crippen molar-refractivity contribution in [2.75, 3.05) is 19.6 Å². The number of primary amides is 1. The number of urea groups is 1. The van der Waals surface area contributed by atoms with E-state index in [0.717, 1.165) is 17.5 Å². The number of benzene rings is 3. The maximum Gasteiger partial charge on any atom is 0.321 e. The van der Waals surface area contributed by atoms with E-state index in [9.17, 15) is 24.3 Å². The summed E-state index contributed by atoms with van der Waals surface area (Å²) in [5.41, 5.74) is 14.1. The van der Waals surface area contributed by atoms with Crippen LogP contribution in [0.15, 0.2) is 89.9 Å². The molecular formula is C35H45N7O5. The number of aromatic hydroxyl groups is 1. The lowest BCUT2D eigenvalue weighted by atomic mass is 9.89. The zero-order chi connectivity index (χ0) is 34.0. The Bertz CT molecular complexity index is 1430. The highest BCUT2D eigenvalue weighted by Gasteiger charge is 2.34. The van der Waals surface area contributed by atoms with Crippen LogP contribution in [0, 0.1) is 0 Å². The number of rotatable bonds is 17. The van der Waals surface area contributed by atoms with Gasteiger partial charge in [-0.1, -0.05) is 79.7 Å². The molecule has 0 bridgehead atoms. The molecule has 12 heteroatoms. The van der Waals surface area contributed by atoms with E-state index in [4.69, 9.17) is 11.5 Å². The Morgan fingerprint density at radius 2 is 1.38 bits per heavy atom. The second-order valence-corrected chi connectivity index (χ2v) is 11.0. The van der Waals surface area contributed by atoms with Gasteiger partial charge in [0, 0.05) is 32.6 Å². The van der Waals surface area contributed by atoms with E-state index >= 15 is 0 Å². The van der Waals surface area contributed by atoms with Crippen LogP contribution < -0.4 is 27.4 Å². The molecule has 3 aromatic rings. The van der Waals surface area contributed by atoms with E-state index in [1.54, 1.807) is 19.1 Å². The fourth-order valence-electron chi connectivity index (χ4n) is 5.01. The SMILES string of the molecule is CCC(=O)NCCCCNC(=O)NC(N)=NCCC[C@@H](C(N)=O)N(Cc1ccc(O)cc1)C(=O)C(c1ccccc1)c1ccccc1. The Morgan fingerprint density at radius 1 is 0.809 bits per heavy atom. The first kappa shape index (κ1) is 36.1. The number of unbranched alkanes of at least 4 members (excludes halogenated alkanes) is 1. The van der Waals surface area contributed by atoms with Crippen molar-refractivity contribution in [3.63, 3.8) is 0 Å². The molecule has 0 unspecified atom stereocenters. The van der Waals surface area contributed by atoms with Crippen LogP contribution in [-0.4, -0.2) is 65.4 Å². The number of carbonyl (C=O) groups is 4. The molecule has 47 heavy (non-hydrogen) atoms. The summed E-state index contributed by atoms with van der Waals surface area (Å²) in [6.45, 7) is 2.99. The summed E-state index contributed by atoms with van der Waals surface area (Å²) >= 11 is 0. The molecule has 0 aromatic heterocycles. The lowest BCUT2D eigenvalue weighted by molar-refractivity contribution is -0.141. The molecule has 0 aliphatic heterocycles. The third kappa shape index (κ3) is 12.1. The number of hydrogen-bond donors (Lipinski definition) is 6. The lowest BCUT2D eigenvalue weighted by Gasteiger charge is -2.33. The maximum absolute atomic E-state index is 14.5. The highest BCUT2D eigenvalue weighted by Crippen LogP contribution is 2.29. The zero-order valence-electron chi connectivity index (χ0n) is 26.7. The normalized spacial score (nSPS) is 11.8. The van der Waals surface area contributed by atoms with Crippen LogP contribution in [0.2, 0.25) is 0 Å². The number of aliphatic imine (C=N–C) groups is 1. The molecule has 1 atom stereocenters. The first-order chi connectivity index (χ1) is 22.7. The molecule has 3 aromatic carbocycles. The van der Waals surface area contributed by atoms with Gasteiger partial charge in [0.1, 0.15) is 11.8 Å². The third-order valence-electron chi connectivity index (χ3n) is 7.48. The largest absolute Gasteiger partial charge is 0.508 e. The van der Waals surface area contributed by atoms with Gasteiger partial charge in [0.2, 0.25) is 17.7 Å². The van der Waals surface area contributed by atoms with Crippen molar-refractivity contribution in [2.24, 2.45) is 16.5 Å². The van der Waals surface area contributed by atoms with E-state index in [1.807, 2.05) is 60.7 Å². The van der Waals surface area contributed by atoms with Crippen molar-refractivity contribution in [1.29, 1.82) is 0 Å². The number of nitrogens with zero attached hydrogens (tertiary/aromatic N) is 2. The number of phenolic OH excluding ortho intramolecular Hbond substituents is 1. The molecule has 0 heterocycles. The molecule has 0 saturated carbocycles. The average Bonchev–Trinajstić information content (AvgIpc) is 3.07. The first-order valence-corrected chi connectivity index (χ1v) is 15.8. The molecule has 0 saturated heterocycles. The van der Waals surface area contributed by atoms with Gasteiger partial charge >= 0.3 is 6.03 Å². The summed E-state index contributed by atoms with van der Waals surface area (Å²) in [5.74, 6) is -1.67. The van der Waals surface area contributed by atoms with Gasteiger partial charge in [-0.2, -0.15) is 0 Å². The standard InChI is InChI=1S/C35H45N7O5/c1-2-30(44)38-21-9-10-22-40-35(47)41-34(37)39-23-11-16-29(32(36)45)42(24-25-17-19-28(43)20-18-25)33(46)31(26-12-5-3-6-13-26)27-14-7-4-8-15-27/h3-8,12-15,17-20,29,31,43H,2,9-11,16,21-24H2,1H3,(H2,36,45)(H,38,44)(H4,37,39,40,41,47)/t29-/m0/s1. The topological polar surface area (TPSA) is 192 Å². The van der Waals surface area contributed by atoms with E-state index in [-0.39, 0.29) is 43.0 Å². The molecule has 12 nitrogen and oxygen atoms in total. The molecule has 0 fully saturated rings. The number of amides is 5. The van der Waals surface area contributed by atoms with Gasteiger partial charge in [-0.3, -0.25) is 24.7 Å². The Labute approximate surface area is 275 Å². The molecule has 0 aliphatic rings. The molecule has 250 valence electrons.